The molecule has 212 valence electrons. The third-order valence-electron chi connectivity index (χ3n) is 8.61. The van der Waals surface area contributed by atoms with Crippen LogP contribution in [0.3, 0.4) is 0 Å². The number of anilines is 2. The number of piperidine rings is 1. The first-order valence-electron chi connectivity index (χ1n) is 14.7. The van der Waals surface area contributed by atoms with E-state index in [2.05, 4.69) is 119 Å². The summed E-state index contributed by atoms with van der Waals surface area (Å²) in [5.74, 6) is 1.29. The van der Waals surface area contributed by atoms with E-state index in [4.69, 9.17) is 28.8 Å². The normalized spacial score (nSPS) is 22.5. The van der Waals surface area contributed by atoms with Gasteiger partial charge in [0.05, 0.1) is 22.4 Å². The predicted molar refractivity (Wildman–Crippen MR) is 178 cm³/mol. The van der Waals surface area contributed by atoms with E-state index in [1.54, 1.807) is 0 Å². The fraction of sp³-hybridized carbons (Fsp3) is 0.257. The number of pyridine rings is 1. The van der Waals surface area contributed by atoms with Gasteiger partial charge in [-0.05, 0) is 95.8 Å². The van der Waals surface area contributed by atoms with Crippen molar-refractivity contribution in [2.24, 2.45) is 11.8 Å². The summed E-state index contributed by atoms with van der Waals surface area (Å²) >= 11 is 13.1. The van der Waals surface area contributed by atoms with Gasteiger partial charge in [0.15, 0.2) is 5.11 Å². The van der Waals surface area contributed by atoms with Gasteiger partial charge >= 0.3 is 0 Å². The molecule has 4 heterocycles. The molecule has 0 aliphatic carbocycles. The zero-order chi connectivity index (χ0) is 28.8. The van der Waals surface area contributed by atoms with Crippen molar-refractivity contribution in [3.05, 3.63) is 120 Å². The number of nitrogens with one attached hydrogen (secondary N) is 1. The first kappa shape index (κ1) is 27.0. The van der Waals surface area contributed by atoms with Crippen molar-refractivity contribution in [1.29, 1.82) is 0 Å². The Balaban J connectivity index is 1.31. The third kappa shape index (κ3) is 4.93. The van der Waals surface area contributed by atoms with Gasteiger partial charge in [0.1, 0.15) is 6.04 Å². The number of thiocarbonyl (C=S) groups is 1. The second kappa shape index (κ2) is 11.1. The molecule has 0 radical (unpaired) electrons. The Morgan fingerprint density at radius 2 is 1.60 bits per heavy atom. The molecule has 2 aliphatic rings. The molecule has 7 heteroatoms. The summed E-state index contributed by atoms with van der Waals surface area (Å²) in [5, 5.41) is 7.44. The summed E-state index contributed by atoms with van der Waals surface area (Å²) in [6, 6.07) is 31.5. The summed E-state index contributed by atoms with van der Waals surface area (Å²) in [5.41, 5.74) is 5.22. The average Bonchev–Trinajstić information content (AvgIpc) is 3.61. The highest BCUT2D eigenvalue weighted by Crippen LogP contribution is 2.44. The Labute approximate surface area is 257 Å². The summed E-state index contributed by atoms with van der Waals surface area (Å²) < 4.78 is 2.27. The van der Waals surface area contributed by atoms with Crippen LogP contribution in [0.1, 0.15) is 43.7 Å². The van der Waals surface area contributed by atoms with Crippen LogP contribution in [-0.2, 0) is 0 Å². The van der Waals surface area contributed by atoms with Crippen LogP contribution >= 0.6 is 23.8 Å². The lowest BCUT2D eigenvalue weighted by Crippen LogP contribution is -2.38. The van der Waals surface area contributed by atoms with Crippen molar-refractivity contribution in [2.75, 3.05) is 22.9 Å². The van der Waals surface area contributed by atoms with Crippen LogP contribution < -0.4 is 15.1 Å². The lowest BCUT2D eigenvalue weighted by molar-refractivity contribution is 0.357. The van der Waals surface area contributed by atoms with Gasteiger partial charge in [0, 0.05) is 42.6 Å². The number of nitrogens with zero attached hydrogens (tertiary/aromatic N) is 4. The van der Waals surface area contributed by atoms with E-state index in [-0.39, 0.29) is 12.1 Å². The van der Waals surface area contributed by atoms with Crippen LogP contribution in [-0.4, -0.2) is 27.8 Å². The van der Waals surface area contributed by atoms with Gasteiger partial charge in [0.25, 0.3) is 0 Å². The van der Waals surface area contributed by atoms with E-state index < -0.39 is 0 Å². The van der Waals surface area contributed by atoms with E-state index in [9.17, 15) is 0 Å². The molecule has 1 N–H and O–H groups in total. The first-order chi connectivity index (χ1) is 20.5. The summed E-state index contributed by atoms with van der Waals surface area (Å²) in [6.07, 6.45) is 5.23. The molecule has 2 aliphatic heterocycles. The van der Waals surface area contributed by atoms with Crippen molar-refractivity contribution in [3.63, 3.8) is 0 Å². The van der Waals surface area contributed by atoms with Gasteiger partial charge in [-0.2, -0.15) is 0 Å². The Kier molecular flexibility index (Phi) is 7.12. The molecule has 3 aromatic carbocycles. The van der Waals surface area contributed by atoms with Crippen LogP contribution in [0.15, 0.2) is 103 Å². The topological polar surface area (TPSA) is 36.3 Å². The van der Waals surface area contributed by atoms with Crippen molar-refractivity contribution in [3.8, 4) is 5.69 Å². The van der Waals surface area contributed by atoms with Gasteiger partial charge in [-0.3, -0.25) is 4.98 Å². The Morgan fingerprint density at radius 1 is 0.833 bits per heavy atom. The molecule has 0 unspecified atom stereocenters. The Hall–Kier alpha value is -3.87. The lowest BCUT2D eigenvalue weighted by Gasteiger charge is -2.37. The zero-order valence-electron chi connectivity index (χ0n) is 23.8. The molecule has 4 atom stereocenters. The molecule has 5 aromatic rings. The maximum absolute atomic E-state index is 7.04. The van der Waals surface area contributed by atoms with Crippen LogP contribution in [0, 0.1) is 11.8 Å². The zero-order valence-corrected chi connectivity index (χ0v) is 25.4. The van der Waals surface area contributed by atoms with Gasteiger partial charge in [0.2, 0.25) is 0 Å². The minimum atomic E-state index is -0.147. The van der Waals surface area contributed by atoms with Gasteiger partial charge in [-0.1, -0.05) is 61.8 Å². The molecule has 2 fully saturated rings. The smallest absolute Gasteiger partial charge is 0.174 e. The van der Waals surface area contributed by atoms with Gasteiger partial charge in [-0.15, -0.1) is 0 Å². The Morgan fingerprint density at radius 3 is 2.36 bits per heavy atom. The average molecular weight is 592 g/mol. The molecule has 2 aromatic heterocycles. The van der Waals surface area contributed by atoms with Crippen molar-refractivity contribution >= 4 is 51.1 Å². The Bertz CT molecular complexity index is 1740. The molecule has 0 spiro atoms. The fourth-order valence-electron chi connectivity index (χ4n) is 6.89. The minimum Gasteiger partial charge on any atom is -0.370 e. The summed E-state index contributed by atoms with van der Waals surface area (Å²) in [7, 11) is 0. The monoisotopic (exact) mass is 591 g/mol. The third-order valence-corrected chi connectivity index (χ3v) is 9.23. The molecule has 0 amide bonds. The van der Waals surface area contributed by atoms with E-state index in [0.29, 0.717) is 16.9 Å². The molecule has 0 bridgehead atoms. The number of hydrogen-bond donors (Lipinski definition) is 1. The van der Waals surface area contributed by atoms with E-state index in [1.165, 1.54) is 17.2 Å². The number of halogens is 1. The maximum Gasteiger partial charge on any atom is 0.174 e. The molecule has 5 nitrogen and oxygen atoms in total. The molecule has 2 saturated heterocycles. The second-order valence-corrected chi connectivity index (χ2v) is 12.6. The van der Waals surface area contributed by atoms with Crippen molar-refractivity contribution < 1.29 is 0 Å². The maximum atomic E-state index is 7.04. The standard InChI is InChI=1S/C35H34ClN5S/c1-23-18-24(2)22-39(21-23)31-15-14-28(20-29(31)36)41-34(33(38-35(41)42)30-10-5-6-16-37-30)32-11-7-17-40(32)27-13-12-25-8-3-4-9-26(25)19-27/h3-17,19-20,23-24,33-34H,18,21-22H2,1-2H3,(H,38,42)/t23-,24-,33+,34+/m1/s1. The van der Waals surface area contributed by atoms with Gasteiger partial charge < -0.3 is 19.7 Å². The minimum absolute atomic E-state index is 0.143. The summed E-state index contributed by atoms with van der Waals surface area (Å²) in [6.45, 7) is 6.70. The number of aromatic nitrogens is 2. The summed E-state index contributed by atoms with van der Waals surface area (Å²) in [4.78, 5) is 9.39. The number of benzene rings is 3. The van der Waals surface area contributed by atoms with Gasteiger partial charge in [-0.25, -0.2) is 0 Å². The van der Waals surface area contributed by atoms with Crippen LogP contribution in [0.25, 0.3) is 16.5 Å². The fourth-order valence-corrected chi connectivity index (χ4v) is 7.53. The predicted octanol–water partition coefficient (Wildman–Crippen LogP) is 8.34. The highest BCUT2D eigenvalue weighted by Gasteiger charge is 2.42. The first-order valence-corrected chi connectivity index (χ1v) is 15.5. The van der Waals surface area contributed by atoms with Crippen molar-refractivity contribution in [1.82, 2.24) is 14.9 Å². The molecule has 0 saturated carbocycles. The molecule has 42 heavy (non-hydrogen) atoms. The number of rotatable bonds is 5. The van der Waals surface area contributed by atoms with Crippen molar-refractivity contribution in [2.45, 2.75) is 32.4 Å². The van der Waals surface area contributed by atoms with Crippen LogP contribution in [0.2, 0.25) is 5.02 Å². The number of fused-ring (bicyclic) bond motifs is 1. The largest absolute Gasteiger partial charge is 0.370 e. The lowest BCUT2D eigenvalue weighted by atomic mass is 9.91. The highest BCUT2D eigenvalue weighted by molar-refractivity contribution is 7.80. The van der Waals surface area contributed by atoms with Crippen LogP contribution in [0.4, 0.5) is 11.4 Å². The number of hydrogen-bond acceptors (Lipinski definition) is 3. The SMILES string of the molecule is C[C@@H]1C[C@@H](C)CN(c2ccc(N3C(=S)N[C@@H](c4ccccn4)[C@@H]3c3cccn3-c3ccc4ccccc4c3)cc2Cl)C1. The highest BCUT2D eigenvalue weighted by atomic mass is 35.5. The molecular weight excluding hydrogens is 558 g/mol. The second-order valence-electron chi connectivity index (χ2n) is 11.8. The van der Waals surface area contributed by atoms with E-state index in [1.807, 2.05) is 18.3 Å². The molecular formula is C35H34ClN5S. The van der Waals surface area contributed by atoms with Crippen LogP contribution in [0.5, 0.6) is 0 Å². The molecule has 7 rings (SSSR count). The van der Waals surface area contributed by atoms with E-state index >= 15 is 0 Å². The quantitative estimate of drug-likeness (QED) is 0.208. The van der Waals surface area contributed by atoms with E-state index in [0.717, 1.165) is 46.6 Å².